The third-order valence-corrected chi connectivity index (χ3v) is 9.41. The summed E-state index contributed by atoms with van der Waals surface area (Å²) < 4.78 is 0. The van der Waals surface area contributed by atoms with Gasteiger partial charge in [-0.2, -0.15) is 0 Å². The van der Waals surface area contributed by atoms with Crippen LogP contribution in [0.2, 0.25) is 0 Å². The fourth-order valence-electron chi connectivity index (χ4n) is 6.43. The average Bonchev–Trinajstić information content (AvgIpc) is 3.15. The van der Waals surface area contributed by atoms with E-state index in [1.807, 2.05) is 48.5 Å². The fourth-order valence-corrected chi connectivity index (χ4v) is 6.43. The van der Waals surface area contributed by atoms with Gasteiger partial charge in [0.2, 0.25) is 0 Å². The molecule has 4 aromatic carbocycles. The van der Waals surface area contributed by atoms with Crippen LogP contribution in [0.25, 0.3) is 0 Å². The van der Waals surface area contributed by atoms with Crippen LogP contribution in [0.4, 0.5) is 0 Å². The summed E-state index contributed by atoms with van der Waals surface area (Å²) in [5.74, 6) is 13.7. The molecule has 0 amide bonds. The molecule has 0 fully saturated rings. The molecule has 0 saturated heterocycles. The first kappa shape index (κ1) is 36.5. The zero-order valence-corrected chi connectivity index (χ0v) is 30.3. The van der Waals surface area contributed by atoms with E-state index in [2.05, 4.69) is 115 Å². The van der Waals surface area contributed by atoms with Gasteiger partial charge in [-0.3, -0.25) is 0 Å². The predicted octanol–water partition coefficient (Wildman–Crippen LogP) is 10.9. The first-order valence-electron chi connectivity index (χ1n) is 18.8. The van der Waals surface area contributed by atoms with Crippen molar-refractivity contribution in [3.63, 3.8) is 0 Å². The average molecular weight is 659 g/mol. The molecule has 50 heavy (non-hydrogen) atoms. The molecule has 2 nitrogen and oxygen atoms in total. The highest BCUT2D eigenvalue weighted by Crippen LogP contribution is 2.30. The van der Waals surface area contributed by atoms with E-state index in [1.54, 1.807) is 0 Å². The smallest absolute Gasteiger partial charge is 0.102 e. The van der Waals surface area contributed by atoms with Gasteiger partial charge >= 0.3 is 0 Å². The molecule has 0 aromatic heterocycles. The standard InChI is InChI=1S/C48H54N2/c1-3-5-7-11-21-42-23-27-44(28-24-42)38-50(39-45-29-25-43(26-30-45)22-12-8-6-4-2)47-34-36-48(49,35-33-41-19-15-10-16-20-41)37-46(47)32-31-40-17-13-9-14-18-40/h9-10,13-20,23-30,34,37H,3-8,11-12,21-22,36,38-39,49H2,1-2H3. The van der Waals surface area contributed by atoms with Crippen LogP contribution in [0.1, 0.15) is 105 Å². The maximum atomic E-state index is 7.00. The lowest BCUT2D eigenvalue weighted by molar-refractivity contribution is 0.332. The molecule has 1 unspecified atom stereocenters. The van der Waals surface area contributed by atoms with Gasteiger partial charge in [0, 0.05) is 41.9 Å². The van der Waals surface area contributed by atoms with Crippen molar-refractivity contribution in [2.45, 2.75) is 103 Å². The number of nitrogens with two attached hydrogens (primary N) is 1. The zero-order valence-electron chi connectivity index (χ0n) is 30.3. The first-order chi connectivity index (χ1) is 24.5. The molecule has 2 heteroatoms. The van der Waals surface area contributed by atoms with Gasteiger partial charge in [0.15, 0.2) is 0 Å². The van der Waals surface area contributed by atoms with Crippen LogP contribution in [0.5, 0.6) is 0 Å². The van der Waals surface area contributed by atoms with Crippen LogP contribution in [-0.4, -0.2) is 10.4 Å². The molecular weight excluding hydrogens is 605 g/mol. The Hall–Kier alpha value is -4.76. The van der Waals surface area contributed by atoms with Crippen LogP contribution in [0, 0.1) is 23.7 Å². The van der Waals surface area contributed by atoms with E-state index >= 15 is 0 Å². The summed E-state index contributed by atoms with van der Waals surface area (Å²) in [6, 6.07) is 38.8. The number of nitrogens with zero attached hydrogens (tertiary/aromatic N) is 1. The Morgan fingerprint density at radius 3 is 1.54 bits per heavy atom. The summed E-state index contributed by atoms with van der Waals surface area (Å²) in [7, 11) is 0. The molecule has 0 heterocycles. The number of hydrogen-bond acceptors (Lipinski definition) is 2. The minimum atomic E-state index is -0.815. The van der Waals surface area contributed by atoms with E-state index in [9.17, 15) is 0 Å². The topological polar surface area (TPSA) is 29.3 Å². The minimum Gasteiger partial charge on any atom is -0.362 e. The molecule has 0 radical (unpaired) electrons. The largest absolute Gasteiger partial charge is 0.362 e. The Balaban J connectivity index is 1.44. The van der Waals surface area contributed by atoms with Gasteiger partial charge in [0.1, 0.15) is 5.54 Å². The normalized spacial score (nSPS) is 15.2. The first-order valence-corrected chi connectivity index (χ1v) is 18.8. The number of benzene rings is 4. The van der Waals surface area contributed by atoms with Gasteiger partial charge in [0.05, 0.1) is 0 Å². The van der Waals surface area contributed by atoms with Crippen molar-refractivity contribution in [1.29, 1.82) is 0 Å². The lowest BCUT2D eigenvalue weighted by Gasteiger charge is -2.33. The van der Waals surface area contributed by atoms with Crippen molar-refractivity contribution in [3.8, 4) is 23.7 Å². The summed E-state index contributed by atoms with van der Waals surface area (Å²) in [5, 5.41) is 0. The second kappa shape index (κ2) is 19.4. The Bertz CT molecular complexity index is 1730. The molecule has 0 saturated carbocycles. The molecule has 1 aliphatic rings. The van der Waals surface area contributed by atoms with Crippen LogP contribution < -0.4 is 5.73 Å². The SMILES string of the molecule is CCCCCCc1ccc(CN(Cc2ccc(CCCCCC)cc2)C2=CCC(N)(C#Cc3ccccc3)C=C2C#Cc2ccccc2)cc1. The minimum absolute atomic E-state index is 0.614. The summed E-state index contributed by atoms with van der Waals surface area (Å²) in [6.45, 7) is 6.09. The summed E-state index contributed by atoms with van der Waals surface area (Å²) in [5.41, 5.74) is 15.6. The number of unbranched alkanes of at least 4 members (excludes halogenated alkanes) is 6. The molecule has 0 bridgehead atoms. The number of aryl methyl sites for hydroxylation is 2. The molecule has 2 N–H and O–H groups in total. The number of rotatable bonds is 15. The number of allylic oxidation sites excluding steroid dienone is 1. The highest BCUT2D eigenvalue weighted by molar-refractivity contribution is 5.55. The van der Waals surface area contributed by atoms with Crippen molar-refractivity contribution in [1.82, 2.24) is 4.90 Å². The highest BCUT2D eigenvalue weighted by atomic mass is 15.1. The Morgan fingerprint density at radius 1 is 0.560 bits per heavy atom. The van der Waals surface area contributed by atoms with Gasteiger partial charge in [-0.15, -0.1) is 0 Å². The van der Waals surface area contributed by atoms with Crippen LogP contribution in [-0.2, 0) is 25.9 Å². The van der Waals surface area contributed by atoms with Crippen molar-refractivity contribution < 1.29 is 0 Å². The van der Waals surface area contributed by atoms with E-state index in [1.165, 1.54) is 73.6 Å². The van der Waals surface area contributed by atoms with E-state index in [0.717, 1.165) is 48.3 Å². The van der Waals surface area contributed by atoms with Crippen LogP contribution in [0.3, 0.4) is 0 Å². The van der Waals surface area contributed by atoms with Crippen LogP contribution >= 0.6 is 0 Å². The molecular formula is C48H54N2. The second-order valence-electron chi connectivity index (χ2n) is 13.7. The van der Waals surface area contributed by atoms with Crippen LogP contribution in [0.15, 0.2) is 133 Å². The van der Waals surface area contributed by atoms with Crippen molar-refractivity contribution in [3.05, 3.63) is 166 Å². The maximum Gasteiger partial charge on any atom is 0.102 e. The van der Waals surface area contributed by atoms with Crippen molar-refractivity contribution in [2.24, 2.45) is 5.73 Å². The number of hydrogen-bond donors (Lipinski definition) is 1. The summed E-state index contributed by atoms with van der Waals surface area (Å²) in [6.07, 6.45) is 17.5. The second-order valence-corrected chi connectivity index (χ2v) is 13.7. The van der Waals surface area contributed by atoms with E-state index in [4.69, 9.17) is 5.73 Å². The molecule has 4 aromatic rings. The Labute approximate surface area is 302 Å². The van der Waals surface area contributed by atoms with Gasteiger partial charge in [-0.05, 0) is 78.3 Å². The monoisotopic (exact) mass is 658 g/mol. The highest BCUT2D eigenvalue weighted by Gasteiger charge is 2.27. The molecule has 0 spiro atoms. The molecule has 1 aliphatic carbocycles. The van der Waals surface area contributed by atoms with Gasteiger partial charge in [0.25, 0.3) is 0 Å². The third-order valence-electron chi connectivity index (χ3n) is 9.41. The van der Waals surface area contributed by atoms with E-state index < -0.39 is 5.54 Å². The summed E-state index contributed by atoms with van der Waals surface area (Å²) in [4.78, 5) is 2.47. The lowest BCUT2D eigenvalue weighted by atomic mass is 9.86. The summed E-state index contributed by atoms with van der Waals surface area (Å²) >= 11 is 0. The molecule has 256 valence electrons. The van der Waals surface area contributed by atoms with E-state index in [-0.39, 0.29) is 0 Å². The van der Waals surface area contributed by atoms with Gasteiger partial charge in [-0.1, -0.05) is 167 Å². The van der Waals surface area contributed by atoms with E-state index in [0.29, 0.717) is 6.42 Å². The van der Waals surface area contributed by atoms with Crippen molar-refractivity contribution in [2.75, 3.05) is 0 Å². The molecule has 5 rings (SSSR count). The fraction of sp³-hybridized carbons (Fsp3) is 0.333. The van der Waals surface area contributed by atoms with Gasteiger partial charge in [-0.25, -0.2) is 0 Å². The maximum absolute atomic E-state index is 7.00. The third kappa shape index (κ3) is 11.7. The Kier molecular flexibility index (Phi) is 14.2. The lowest BCUT2D eigenvalue weighted by Crippen LogP contribution is -2.39. The Morgan fingerprint density at radius 2 is 1.04 bits per heavy atom. The molecule has 0 aliphatic heterocycles. The van der Waals surface area contributed by atoms with Crippen molar-refractivity contribution >= 4 is 0 Å². The molecule has 1 atom stereocenters. The zero-order chi connectivity index (χ0) is 34.9. The quantitative estimate of drug-likeness (QED) is 0.102. The predicted molar refractivity (Wildman–Crippen MR) is 212 cm³/mol. The van der Waals surface area contributed by atoms with Gasteiger partial charge < -0.3 is 10.6 Å².